The van der Waals surface area contributed by atoms with E-state index in [9.17, 15) is 34.8 Å². The maximum Gasteiger partial charge on any atom is 0.434 e. The molecule has 1 fully saturated rings. The molecule has 0 aromatic carbocycles. The molecule has 14 heteroatoms. The molecular weight excluding hydrogens is 529 g/mol. The Balaban J connectivity index is 1.96. The number of hydrogen-bond donors (Lipinski definition) is 1. The van der Waals surface area contributed by atoms with Crippen LogP contribution in [0.5, 0.6) is 0 Å². The normalized spacial score (nSPS) is 16.1. The highest BCUT2D eigenvalue weighted by atomic mass is 32.2. The quantitative estimate of drug-likeness (QED) is 0.375. The first kappa shape index (κ1) is 27.3. The van der Waals surface area contributed by atoms with Crippen LogP contribution in [0.4, 0.5) is 30.7 Å². The predicted molar refractivity (Wildman–Crippen MR) is 121 cm³/mol. The van der Waals surface area contributed by atoms with E-state index in [1.165, 1.54) is 10.8 Å². The van der Waals surface area contributed by atoms with Crippen LogP contribution in [-0.2, 0) is 22.7 Å². The molecular formula is C23H23F7N4O2S. The van der Waals surface area contributed by atoms with E-state index < -0.39 is 67.9 Å². The van der Waals surface area contributed by atoms with Gasteiger partial charge in [0.05, 0.1) is 11.4 Å². The summed E-state index contributed by atoms with van der Waals surface area (Å²) in [4.78, 5) is 7.07. The number of nitrogens with one attached hydrogen (secondary N) is 1. The van der Waals surface area contributed by atoms with E-state index in [1.807, 2.05) is 4.72 Å². The van der Waals surface area contributed by atoms with Gasteiger partial charge < -0.3 is 4.57 Å². The Morgan fingerprint density at radius 1 is 1.14 bits per heavy atom. The molecule has 1 aliphatic rings. The van der Waals surface area contributed by atoms with Crippen molar-refractivity contribution in [3.8, 4) is 11.3 Å². The Labute approximate surface area is 208 Å². The van der Waals surface area contributed by atoms with E-state index in [4.69, 9.17) is 0 Å². The number of rotatable bonds is 7. The molecule has 4 rings (SSSR count). The third-order valence-electron chi connectivity index (χ3n) is 5.70. The number of alkyl halides is 5. The molecule has 1 aliphatic carbocycles. The van der Waals surface area contributed by atoms with E-state index >= 15 is 4.39 Å². The average molecular weight is 553 g/mol. The summed E-state index contributed by atoms with van der Waals surface area (Å²) in [6.07, 6.45) is -6.13. The van der Waals surface area contributed by atoms with Crippen molar-refractivity contribution in [3.05, 3.63) is 47.4 Å². The fourth-order valence-electron chi connectivity index (χ4n) is 4.03. The average Bonchev–Trinajstić information content (AvgIpc) is 3.55. The van der Waals surface area contributed by atoms with Crippen molar-refractivity contribution < 1.29 is 39.2 Å². The summed E-state index contributed by atoms with van der Waals surface area (Å²) in [5.74, 6) is -2.51. The zero-order valence-corrected chi connectivity index (χ0v) is 20.7. The largest absolute Gasteiger partial charge is 0.434 e. The molecule has 37 heavy (non-hydrogen) atoms. The fraction of sp³-hybridized carbons (Fsp3) is 0.478. The highest BCUT2D eigenvalue weighted by Crippen LogP contribution is 2.39. The lowest BCUT2D eigenvalue weighted by Gasteiger charge is -2.20. The van der Waals surface area contributed by atoms with E-state index in [0.717, 1.165) is 0 Å². The number of aromatic nitrogens is 3. The van der Waals surface area contributed by atoms with E-state index in [-0.39, 0.29) is 23.1 Å². The van der Waals surface area contributed by atoms with Gasteiger partial charge in [-0.25, -0.2) is 40.7 Å². The predicted octanol–water partition coefficient (Wildman–Crippen LogP) is 5.83. The lowest BCUT2D eigenvalue weighted by Crippen LogP contribution is -2.35. The summed E-state index contributed by atoms with van der Waals surface area (Å²) in [5, 5.41) is -1.02. The Hall–Kier alpha value is -2.74. The van der Waals surface area contributed by atoms with Gasteiger partial charge in [0, 0.05) is 29.3 Å². The minimum atomic E-state index is -5.06. The highest BCUT2D eigenvalue weighted by Gasteiger charge is 2.41. The van der Waals surface area contributed by atoms with E-state index in [0.29, 0.717) is 31.2 Å². The van der Waals surface area contributed by atoms with E-state index in [1.54, 1.807) is 20.8 Å². The summed E-state index contributed by atoms with van der Waals surface area (Å²) in [6, 6.07) is -0.905. The molecule has 0 aliphatic heterocycles. The zero-order valence-electron chi connectivity index (χ0n) is 19.9. The molecule has 3 aromatic rings. The first-order chi connectivity index (χ1) is 17.0. The van der Waals surface area contributed by atoms with Gasteiger partial charge in [0.15, 0.2) is 5.69 Å². The minimum Gasteiger partial charge on any atom is -0.332 e. The summed E-state index contributed by atoms with van der Waals surface area (Å²) < 4.78 is 126. The number of sulfonamides is 1. The molecule has 1 unspecified atom stereocenters. The number of nitrogens with zero attached hydrogens (tertiary/aromatic N) is 3. The maximum absolute atomic E-state index is 15.3. The molecule has 3 aromatic heterocycles. The van der Waals surface area contributed by atoms with Crippen LogP contribution in [-0.4, -0.2) is 34.6 Å². The third-order valence-corrected chi connectivity index (χ3v) is 7.63. The smallest absolute Gasteiger partial charge is 0.332 e. The van der Waals surface area contributed by atoms with Crippen molar-refractivity contribution in [2.75, 3.05) is 0 Å². The van der Waals surface area contributed by atoms with Crippen LogP contribution in [0.25, 0.3) is 22.3 Å². The molecule has 1 N–H and O–H groups in total. The second-order valence-electron chi connectivity index (χ2n) is 10.2. The number of pyridine rings is 2. The zero-order chi connectivity index (χ0) is 27.5. The van der Waals surface area contributed by atoms with Gasteiger partial charge in [-0.1, -0.05) is 20.8 Å². The van der Waals surface area contributed by atoms with Crippen LogP contribution in [0.1, 0.15) is 50.9 Å². The SMILES string of the molecule is CC(C)(C)Cn1cc(C(NS(=O)(=O)C2CC2)C(F)F)c2cc(F)c(-c3cc(F)cnc3C(F)(F)F)nc21. The van der Waals surface area contributed by atoms with Gasteiger partial charge in [0.25, 0.3) is 6.43 Å². The molecule has 202 valence electrons. The second kappa shape index (κ2) is 9.22. The topological polar surface area (TPSA) is 76.9 Å². The number of halogens is 7. The molecule has 0 bridgehead atoms. The molecule has 0 amide bonds. The van der Waals surface area contributed by atoms with Crippen molar-refractivity contribution in [3.63, 3.8) is 0 Å². The minimum absolute atomic E-state index is 0.112. The molecule has 0 saturated heterocycles. The Morgan fingerprint density at radius 2 is 1.78 bits per heavy atom. The maximum atomic E-state index is 15.3. The Bertz CT molecular complexity index is 1440. The van der Waals surface area contributed by atoms with Crippen LogP contribution in [0, 0.1) is 17.0 Å². The summed E-state index contributed by atoms with van der Waals surface area (Å²) in [7, 11) is -4.09. The van der Waals surface area contributed by atoms with Crippen molar-refractivity contribution >= 4 is 21.1 Å². The monoisotopic (exact) mass is 552 g/mol. The molecule has 0 spiro atoms. The number of hydrogen-bond acceptors (Lipinski definition) is 4. The van der Waals surface area contributed by atoms with Crippen LogP contribution in [0.2, 0.25) is 0 Å². The lowest BCUT2D eigenvalue weighted by molar-refractivity contribution is -0.140. The standard InChI is InChI=1S/C23H23F7N4O2S/c1-22(2,3)10-34-9-15(18(20(26)27)33-37(35,36)12-4-5-12)13-7-16(25)17(32-21(13)34)14-6-11(24)8-31-19(14)23(28,29)30/h6-9,12,18,20,33H,4-5,10H2,1-3H3. The highest BCUT2D eigenvalue weighted by molar-refractivity contribution is 7.90. The molecule has 1 saturated carbocycles. The van der Waals surface area contributed by atoms with Gasteiger partial charge in [0.1, 0.15) is 29.0 Å². The van der Waals surface area contributed by atoms with Crippen molar-refractivity contribution in [2.24, 2.45) is 5.41 Å². The fourth-order valence-corrected chi connectivity index (χ4v) is 5.56. The first-order valence-electron chi connectivity index (χ1n) is 11.2. The molecule has 6 nitrogen and oxygen atoms in total. The summed E-state index contributed by atoms with van der Waals surface area (Å²) in [6.45, 7) is 5.49. The Morgan fingerprint density at radius 3 is 2.32 bits per heavy atom. The van der Waals surface area contributed by atoms with Crippen molar-refractivity contribution in [1.29, 1.82) is 0 Å². The second-order valence-corrected chi connectivity index (χ2v) is 12.2. The molecule has 3 heterocycles. The molecule has 1 atom stereocenters. The summed E-state index contributed by atoms with van der Waals surface area (Å²) >= 11 is 0. The number of fused-ring (bicyclic) bond motifs is 1. The van der Waals surface area contributed by atoms with Gasteiger partial charge in [-0.2, -0.15) is 13.2 Å². The van der Waals surface area contributed by atoms with Gasteiger partial charge in [-0.15, -0.1) is 0 Å². The van der Waals surface area contributed by atoms with Crippen molar-refractivity contribution in [2.45, 2.75) is 64.1 Å². The first-order valence-corrected chi connectivity index (χ1v) is 12.7. The van der Waals surface area contributed by atoms with Gasteiger partial charge >= 0.3 is 6.18 Å². The van der Waals surface area contributed by atoms with Crippen LogP contribution < -0.4 is 4.72 Å². The van der Waals surface area contributed by atoms with Gasteiger partial charge in [-0.3, -0.25) is 0 Å². The van der Waals surface area contributed by atoms with Crippen LogP contribution in [0.15, 0.2) is 24.5 Å². The van der Waals surface area contributed by atoms with Crippen LogP contribution >= 0.6 is 0 Å². The Kier molecular flexibility index (Phi) is 6.81. The third kappa shape index (κ3) is 5.74. The van der Waals surface area contributed by atoms with Crippen molar-refractivity contribution in [1.82, 2.24) is 19.3 Å². The molecule has 0 radical (unpaired) electrons. The van der Waals surface area contributed by atoms with Gasteiger partial charge in [-0.05, 0) is 30.4 Å². The summed E-state index contributed by atoms with van der Waals surface area (Å²) in [5.41, 5.74) is -4.36. The van der Waals surface area contributed by atoms with Crippen LogP contribution in [0.3, 0.4) is 0 Å². The van der Waals surface area contributed by atoms with E-state index in [2.05, 4.69) is 9.97 Å². The lowest BCUT2D eigenvalue weighted by atomic mass is 9.97. The van der Waals surface area contributed by atoms with Gasteiger partial charge in [0.2, 0.25) is 10.0 Å².